The zero-order valence-corrected chi connectivity index (χ0v) is 22.0. The number of nitrogens with zero attached hydrogens (tertiary/aromatic N) is 2. The molecule has 7 nitrogen and oxygen atoms in total. The van der Waals surface area contributed by atoms with E-state index in [4.69, 9.17) is 25.8 Å². The van der Waals surface area contributed by atoms with Gasteiger partial charge in [-0.2, -0.15) is 0 Å². The number of amides is 1. The summed E-state index contributed by atoms with van der Waals surface area (Å²) in [6, 6.07) is 6.20. The fraction of sp³-hybridized carbons (Fsp3) is 0.643. The Bertz CT molecular complexity index is 1150. The molecule has 3 saturated heterocycles. The molecule has 1 saturated carbocycles. The number of fused-ring (bicyclic) bond motifs is 1. The molecule has 4 heterocycles. The number of nitrogens with one attached hydrogen (secondary N) is 1. The van der Waals surface area contributed by atoms with Crippen molar-refractivity contribution in [2.75, 3.05) is 51.9 Å². The van der Waals surface area contributed by atoms with Gasteiger partial charge >= 0.3 is 0 Å². The quantitative estimate of drug-likeness (QED) is 0.628. The standard InChI is InChI=1S/C28H36ClN3O4/c1-27(17-36-16-24(27)34-2)32-7-3-18(4-8-32)21-11-19-13-25(30-15-20(19)12-23(21)29)31-26(33)22-14-28(22)5-9-35-10-6-28/h11-13,15,18,22,24H,3-10,14,16-17H2,1-2H3,(H,30,31,33). The van der Waals surface area contributed by atoms with Crippen LogP contribution in [-0.2, 0) is 19.0 Å². The van der Waals surface area contributed by atoms with Gasteiger partial charge in [0.25, 0.3) is 0 Å². The van der Waals surface area contributed by atoms with E-state index in [0.717, 1.165) is 74.2 Å². The van der Waals surface area contributed by atoms with E-state index in [9.17, 15) is 4.79 Å². The van der Waals surface area contributed by atoms with Gasteiger partial charge in [0.2, 0.25) is 5.91 Å². The van der Waals surface area contributed by atoms with Gasteiger partial charge in [0.05, 0.1) is 18.8 Å². The second-order valence-electron chi connectivity index (χ2n) is 11.4. The van der Waals surface area contributed by atoms with Crippen molar-refractivity contribution in [1.29, 1.82) is 0 Å². The van der Waals surface area contributed by atoms with Gasteiger partial charge in [0.1, 0.15) is 11.9 Å². The molecule has 2 aromatic rings. The summed E-state index contributed by atoms with van der Waals surface area (Å²) in [5.41, 5.74) is 1.27. The lowest BCUT2D eigenvalue weighted by Gasteiger charge is -2.44. The van der Waals surface area contributed by atoms with Crippen LogP contribution in [0.2, 0.25) is 5.02 Å². The molecule has 3 unspecified atom stereocenters. The fourth-order valence-corrected chi connectivity index (χ4v) is 7.12. The maximum atomic E-state index is 12.9. The van der Waals surface area contributed by atoms with Crippen molar-refractivity contribution in [3.05, 3.63) is 35.0 Å². The van der Waals surface area contributed by atoms with Crippen LogP contribution in [0.5, 0.6) is 0 Å². The average molecular weight is 514 g/mol. The number of ether oxygens (including phenoxy) is 3. The van der Waals surface area contributed by atoms with Crippen LogP contribution in [0.4, 0.5) is 5.82 Å². The monoisotopic (exact) mass is 513 g/mol. The number of hydrogen-bond donors (Lipinski definition) is 1. The Morgan fingerprint density at radius 3 is 2.69 bits per heavy atom. The number of methoxy groups -OCH3 is 1. The lowest BCUT2D eigenvalue weighted by atomic mass is 9.85. The van der Waals surface area contributed by atoms with E-state index >= 15 is 0 Å². The Hall–Kier alpha value is -1.77. The third-order valence-electron chi connectivity index (χ3n) is 9.38. The van der Waals surface area contributed by atoms with E-state index in [-0.39, 0.29) is 28.9 Å². The van der Waals surface area contributed by atoms with Gasteiger partial charge in [-0.3, -0.25) is 9.69 Å². The first-order valence-corrected chi connectivity index (χ1v) is 13.6. The summed E-state index contributed by atoms with van der Waals surface area (Å²) in [5, 5.41) is 5.93. The molecule has 1 aliphatic carbocycles. The molecule has 194 valence electrons. The third-order valence-corrected chi connectivity index (χ3v) is 9.71. The third kappa shape index (κ3) is 4.33. The van der Waals surface area contributed by atoms with Crippen molar-refractivity contribution < 1.29 is 19.0 Å². The molecule has 1 aromatic heterocycles. The van der Waals surface area contributed by atoms with Crippen molar-refractivity contribution in [3.63, 3.8) is 0 Å². The smallest absolute Gasteiger partial charge is 0.229 e. The summed E-state index contributed by atoms with van der Waals surface area (Å²) in [5.74, 6) is 1.18. The van der Waals surface area contributed by atoms with E-state index in [0.29, 0.717) is 24.9 Å². The highest BCUT2D eigenvalue weighted by Gasteiger charge is 2.58. The van der Waals surface area contributed by atoms with Crippen LogP contribution in [0.15, 0.2) is 24.4 Å². The average Bonchev–Trinajstić information content (AvgIpc) is 3.44. The molecule has 1 aromatic carbocycles. The second kappa shape index (κ2) is 9.52. The topological polar surface area (TPSA) is 72.9 Å². The molecular weight excluding hydrogens is 478 g/mol. The first kappa shape index (κ1) is 24.6. The highest BCUT2D eigenvalue weighted by atomic mass is 35.5. The Morgan fingerprint density at radius 2 is 1.94 bits per heavy atom. The van der Waals surface area contributed by atoms with Crippen LogP contribution in [0.3, 0.4) is 0 Å². The normalized spacial score (nSPS) is 30.6. The van der Waals surface area contributed by atoms with E-state index in [2.05, 4.69) is 28.2 Å². The molecule has 1 amide bonds. The van der Waals surface area contributed by atoms with Gasteiger partial charge in [-0.25, -0.2) is 4.98 Å². The Morgan fingerprint density at radius 1 is 1.17 bits per heavy atom. The van der Waals surface area contributed by atoms with E-state index in [1.807, 2.05) is 18.3 Å². The lowest BCUT2D eigenvalue weighted by molar-refractivity contribution is -0.118. The van der Waals surface area contributed by atoms with Crippen LogP contribution in [0.25, 0.3) is 10.8 Å². The van der Waals surface area contributed by atoms with Crippen molar-refractivity contribution in [3.8, 4) is 0 Å². The summed E-state index contributed by atoms with van der Waals surface area (Å²) < 4.78 is 17.0. The molecule has 4 aliphatic rings. The highest BCUT2D eigenvalue weighted by Crippen LogP contribution is 2.59. The van der Waals surface area contributed by atoms with Gasteiger partial charge in [0.15, 0.2) is 0 Å². The first-order valence-electron chi connectivity index (χ1n) is 13.3. The van der Waals surface area contributed by atoms with Gasteiger partial charge in [-0.1, -0.05) is 11.6 Å². The summed E-state index contributed by atoms with van der Waals surface area (Å²) in [6.07, 6.45) is 6.93. The van der Waals surface area contributed by atoms with Crippen molar-refractivity contribution in [2.24, 2.45) is 11.3 Å². The number of anilines is 1. The number of halogens is 1. The van der Waals surface area contributed by atoms with Crippen LogP contribution in [0.1, 0.15) is 50.5 Å². The van der Waals surface area contributed by atoms with Crippen LogP contribution in [-0.4, -0.2) is 74.1 Å². The number of benzene rings is 1. The number of rotatable bonds is 5. The number of carbonyl (C=O) groups excluding carboxylic acids is 1. The SMILES string of the molecule is COC1COCC1(C)N1CCC(c2cc3cc(NC(=O)C4CC45CCOCC5)ncc3cc2Cl)CC1. The van der Waals surface area contributed by atoms with Crippen molar-refractivity contribution in [2.45, 2.75) is 56.6 Å². The van der Waals surface area contributed by atoms with Crippen LogP contribution < -0.4 is 5.32 Å². The molecule has 0 bridgehead atoms. The molecule has 3 aliphatic heterocycles. The lowest BCUT2D eigenvalue weighted by Crippen LogP contribution is -2.57. The molecular formula is C28H36ClN3O4. The summed E-state index contributed by atoms with van der Waals surface area (Å²) >= 11 is 6.77. The largest absolute Gasteiger partial charge is 0.381 e. The minimum atomic E-state index is -0.0730. The maximum Gasteiger partial charge on any atom is 0.229 e. The van der Waals surface area contributed by atoms with Crippen molar-refractivity contribution >= 4 is 34.1 Å². The number of likely N-dealkylation sites (tertiary alicyclic amines) is 1. The highest BCUT2D eigenvalue weighted by molar-refractivity contribution is 6.32. The summed E-state index contributed by atoms with van der Waals surface area (Å²) in [4.78, 5) is 20.0. The zero-order valence-electron chi connectivity index (χ0n) is 21.2. The van der Waals surface area contributed by atoms with E-state index in [1.54, 1.807) is 7.11 Å². The Kier molecular flexibility index (Phi) is 6.49. The molecule has 1 N–H and O–H groups in total. The zero-order chi connectivity index (χ0) is 24.9. The van der Waals surface area contributed by atoms with Crippen molar-refractivity contribution in [1.82, 2.24) is 9.88 Å². The number of pyridine rings is 1. The Labute approximate surface area is 217 Å². The molecule has 4 fully saturated rings. The predicted octanol–water partition coefficient (Wildman–Crippen LogP) is 4.63. The molecule has 1 spiro atoms. The van der Waals surface area contributed by atoms with Crippen LogP contribution in [0, 0.1) is 11.3 Å². The minimum Gasteiger partial charge on any atom is -0.381 e. The van der Waals surface area contributed by atoms with Gasteiger partial charge in [-0.05, 0) is 92.6 Å². The Balaban J connectivity index is 1.15. The number of hydrogen-bond acceptors (Lipinski definition) is 6. The molecule has 3 atom stereocenters. The molecule has 0 radical (unpaired) electrons. The van der Waals surface area contributed by atoms with Gasteiger partial charge < -0.3 is 19.5 Å². The van der Waals surface area contributed by atoms with Gasteiger partial charge in [-0.15, -0.1) is 0 Å². The van der Waals surface area contributed by atoms with E-state index < -0.39 is 0 Å². The maximum absolute atomic E-state index is 12.9. The second-order valence-corrected chi connectivity index (χ2v) is 11.8. The van der Waals surface area contributed by atoms with E-state index in [1.165, 1.54) is 5.56 Å². The first-order chi connectivity index (χ1) is 17.4. The van der Waals surface area contributed by atoms with Crippen LogP contribution >= 0.6 is 11.6 Å². The number of piperidine rings is 1. The fourth-order valence-electron chi connectivity index (χ4n) is 6.79. The predicted molar refractivity (Wildman–Crippen MR) is 140 cm³/mol. The number of aromatic nitrogens is 1. The summed E-state index contributed by atoms with van der Waals surface area (Å²) in [6.45, 7) is 7.14. The van der Waals surface area contributed by atoms with Gasteiger partial charge in [0, 0.05) is 42.8 Å². The molecule has 6 rings (SSSR count). The molecule has 8 heteroatoms. The number of carbonyl (C=O) groups is 1. The molecule has 36 heavy (non-hydrogen) atoms. The minimum absolute atomic E-state index is 0.0730. The summed E-state index contributed by atoms with van der Waals surface area (Å²) in [7, 11) is 1.78.